The van der Waals surface area contributed by atoms with E-state index in [9.17, 15) is 0 Å². The molecule has 0 aromatic heterocycles. The minimum atomic E-state index is 0.540. The van der Waals surface area contributed by atoms with Crippen molar-refractivity contribution in [2.24, 2.45) is 5.92 Å². The normalized spacial score (nSPS) is 13.3. The third-order valence-electron chi connectivity index (χ3n) is 3.04. The standard InChI is InChI=1S/C15H25NS/c1-4-16(10-13(2)3)11-15(12-17)14-8-6-5-7-9-14/h5-9,13,15,17H,4,10-12H2,1-3H3. The van der Waals surface area contributed by atoms with Gasteiger partial charge in [0.2, 0.25) is 0 Å². The largest absolute Gasteiger partial charge is 0.303 e. The van der Waals surface area contributed by atoms with Crippen molar-refractivity contribution in [3.63, 3.8) is 0 Å². The quantitative estimate of drug-likeness (QED) is 0.724. The Kier molecular flexibility index (Phi) is 6.68. The summed E-state index contributed by atoms with van der Waals surface area (Å²) in [6.07, 6.45) is 0. The molecule has 0 aliphatic carbocycles. The number of likely N-dealkylation sites (N-methyl/N-ethyl adjacent to an activating group) is 1. The van der Waals surface area contributed by atoms with Crippen LogP contribution in [-0.4, -0.2) is 30.3 Å². The number of benzene rings is 1. The highest BCUT2D eigenvalue weighted by molar-refractivity contribution is 7.80. The van der Waals surface area contributed by atoms with Crippen LogP contribution in [-0.2, 0) is 0 Å². The Morgan fingerprint density at radius 1 is 1.12 bits per heavy atom. The van der Waals surface area contributed by atoms with Gasteiger partial charge in [0.1, 0.15) is 0 Å². The van der Waals surface area contributed by atoms with E-state index in [4.69, 9.17) is 0 Å². The Balaban J connectivity index is 2.62. The van der Waals surface area contributed by atoms with Gasteiger partial charge in [0.15, 0.2) is 0 Å². The minimum absolute atomic E-state index is 0.540. The molecule has 0 N–H and O–H groups in total. The molecule has 1 rings (SSSR count). The van der Waals surface area contributed by atoms with Crippen molar-refractivity contribution in [2.75, 3.05) is 25.4 Å². The Morgan fingerprint density at radius 3 is 2.24 bits per heavy atom. The second kappa shape index (κ2) is 7.78. The number of thiol groups is 1. The van der Waals surface area contributed by atoms with Crippen LogP contribution in [0, 0.1) is 5.92 Å². The molecule has 0 amide bonds. The summed E-state index contributed by atoms with van der Waals surface area (Å²) in [5, 5.41) is 0. The number of nitrogens with zero attached hydrogens (tertiary/aromatic N) is 1. The van der Waals surface area contributed by atoms with Gasteiger partial charge >= 0.3 is 0 Å². The van der Waals surface area contributed by atoms with Gasteiger partial charge in [-0.3, -0.25) is 0 Å². The minimum Gasteiger partial charge on any atom is -0.303 e. The maximum atomic E-state index is 4.50. The fourth-order valence-electron chi connectivity index (χ4n) is 2.15. The van der Waals surface area contributed by atoms with Gasteiger partial charge in [-0.05, 0) is 23.8 Å². The van der Waals surface area contributed by atoms with Gasteiger partial charge in [0.25, 0.3) is 0 Å². The van der Waals surface area contributed by atoms with Crippen LogP contribution in [0.3, 0.4) is 0 Å². The maximum Gasteiger partial charge on any atom is 0.00581 e. The first-order valence-electron chi connectivity index (χ1n) is 6.55. The number of hydrogen-bond acceptors (Lipinski definition) is 2. The molecule has 1 aromatic rings. The molecule has 0 aliphatic heterocycles. The summed E-state index contributed by atoms with van der Waals surface area (Å²) in [5.41, 5.74) is 1.41. The summed E-state index contributed by atoms with van der Waals surface area (Å²) in [6.45, 7) is 10.2. The highest BCUT2D eigenvalue weighted by Gasteiger charge is 2.14. The van der Waals surface area contributed by atoms with E-state index in [-0.39, 0.29) is 0 Å². The van der Waals surface area contributed by atoms with Crippen molar-refractivity contribution >= 4 is 12.6 Å². The van der Waals surface area contributed by atoms with Crippen molar-refractivity contribution in [1.82, 2.24) is 4.90 Å². The van der Waals surface area contributed by atoms with Crippen LogP contribution in [0.15, 0.2) is 30.3 Å². The SMILES string of the molecule is CCN(CC(C)C)CC(CS)c1ccccc1. The summed E-state index contributed by atoms with van der Waals surface area (Å²) in [5.74, 6) is 2.18. The summed E-state index contributed by atoms with van der Waals surface area (Å²) in [7, 11) is 0. The summed E-state index contributed by atoms with van der Waals surface area (Å²) < 4.78 is 0. The summed E-state index contributed by atoms with van der Waals surface area (Å²) in [6, 6.07) is 10.7. The Hall–Kier alpha value is -0.470. The Bertz CT molecular complexity index is 297. The van der Waals surface area contributed by atoms with Crippen LogP contribution >= 0.6 is 12.6 Å². The van der Waals surface area contributed by atoms with Crippen LogP contribution in [0.2, 0.25) is 0 Å². The van der Waals surface area contributed by atoms with Crippen LogP contribution in [0.25, 0.3) is 0 Å². The third-order valence-corrected chi connectivity index (χ3v) is 3.48. The molecule has 0 spiro atoms. The van der Waals surface area contributed by atoms with Gasteiger partial charge in [0, 0.05) is 19.0 Å². The monoisotopic (exact) mass is 251 g/mol. The molecule has 1 atom stereocenters. The van der Waals surface area contributed by atoms with Crippen LogP contribution in [0.4, 0.5) is 0 Å². The molecule has 17 heavy (non-hydrogen) atoms. The van der Waals surface area contributed by atoms with E-state index in [1.807, 2.05) is 0 Å². The highest BCUT2D eigenvalue weighted by Crippen LogP contribution is 2.18. The van der Waals surface area contributed by atoms with E-state index in [2.05, 4.69) is 68.6 Å². The molecule has 0 saturated carbocycles. The fourth-order valence-corrected chi connectivity index (χ4v) is 2.48. The third kappa shape index (κ3) is 5.13. The molecular weight excluding hydrogens is 226 g/mol. The Morgan fingerprint density at radius 2 is 1.76 bits per heavy atom. The first kappa shape index (κ1) is 14.6. The zero-order valence-corrected chi connectivity index (χ0v) is 12.2. The topological polar surface area (TPSA) is 3.24 Å². The van der Waals surface area contributed by atoms with Gasteiger partial charge in [-0.2, -0.15) is 12.6 Å². The van der Waals surface area contributed by atoms with Crippen molar-refractivity contribution in [1.29, 1.82) is 0 Å². The molecule has 1 nitrogen and oxygen atoms in total. The van der Waals surface area contributed by atoms with Gasteiger partial charge in [0.05, 0.1) is 0 Å². The smallest absolute Gasteiger partial charge is 0.00581 e. The average molecular weight is 251 g/mol. The lowest BCUT2D eigenvalue weighted by Gasteiger charge is -2.27. The first-order valence-corrected chi connectivity index (χ1v) is 7.18. The van der Waals surface area contributed by atoms with Crippen molar-refractivity contribution < 1.29 is 0 Å². The van der Waals surface area contributed by atoms with Crippen molar-refractivity contribution in [3.05, 3.63) is 35.9 Å². The molecule has 0 fully saturated rings. The predicted molar refractivity (Wildman–Crippen MR) is 80.0 cm³/mol. The van der Waals surface area contributed by atoms with E-state index in [1.165, 1.54) is 12.1 Å². The van der Waals surface area contributed by atoms with Gasteiger partial charge in [-0.1, -0.05) is 51.1 Å². The molecular formula is C15H25NS. The number of rotatable bonds is 7. The molecule has 1 unspecified atom stereocenters. The zero-order valence-electron chi connectivity index (χ0n) is 11.3. The molecule has 0 saturated heterocycles. The van der Waals surface area contributed by atoms with Gasteiger partial charge in [-0.15, -0.1) is 0 Å². The van der Waals surface area contributed by atoms with E-state index in [0.29, 0.717) is 5.92 Å². The summed E-state index contributed by atoms with van der Waals surface area (Å²) in [4.78, 5) is 2.53. The van der Waals surface area contributed by atoms with Crippen molar-refractivity contribution in [3.8, 4) is 0 Å². The van der Waals surface area contributed by atoms with E-state index in [1.54, 1.807) is 0 Å². The van der Waals surface area contributed by atoms with Gasteiger partial charge in [-0.25, -0.2) is 0 Å². The summed E-state index contributed by atoms with van der Waals surface area (Å²) >= 11 is 4.50. The zero-order chi connectivity index (χ0) is 12.7. The molecule has 96 valence electrons. The second-order valence-corrected chi connectivity index (χ2v) is 5.40. The lowest BCUT2D eigenvalue weighted by atomic mass is 10.00. The Labute approximate surface area is 112 Å². The van der Waals surface area contributed by atoms with Crippen LogP contribution in [0.5, 0.6) is 0 Å². The molecule has 0 bridgehead atoms. The lowest BCUT2D eigenvalue weighted by molar-refractivity contribution is 0.246. The predicted octanol–water partition coefficient (Wildman–Crippen LogP) is 3.68. The molecule has 2 heteroatoms. The molecule has 0 radical (unpaired) electrons. The van der Waals surface area contributed by atoms with E-state index >= 15 is 0 Å². The van der Waals surface area contributed by atoms with E-state index in [0.717, 1.165) is 24.8 Å². The first-order chi connectivity index (χ1) is 8.17. The van der Waals surface area contributed by atoms with E-state index < -0.39 is 0 Å². The van der Waals surface area contributed by atoms with Gasteiger partial charge < -0.3 is 4.90 Å². The highest BCUT2D eigenvalue weighted by atomic mass is 32.1. The van der Waals surface area contributed by atoms with Crippen LogP contribution in [0.1, 0.15) is 32.3 Å². The van der Waals surface area contributed by atoms with Crippen LogP contribution < -0.4 is 0 Å². The molecule has 0 aliphatic rings. The maximum absolute atomic E-state index is 4.50. The average Bonchev–Trinajstić information content (AvgIpc) is 2.35. The van der Waals surface area contributed by atoms with Crippen molar-refractivity contribution in [2.45, 2.75) is 26.7 Å². The fraction of sp³-hybridized carbons (Fsp3) is 0.600. The lowest BCUT2D eigenvalue weighted by Crippen LogP contribution is -2.32. The second-order valence-electron chi connectivity index (χ2n) is 5.04. The molecule has 1 aromatic carbocycles. The molecule has 0 heterocycles. The number of hydrogen-bond donors (Lipinski definition) is 1.